The minimum absolute atomic E-state index is 0.235. The Morgan fingerprint density at radius 1 is 1.17 bits per heavy atom. The Kier molecular flexibility index (Phi) is 4.54. The van der Waals surface area contributed by atoms with Crippen molar-refractivity contribution in [1.29, 1.82) is 0 Å². The smallest absolute Gasteiger partial charge is 0.115 e. The van der Waals surface area contributed by atoms with Gasteiger partial charge in [-0.1, -0.05) is 48.7 Å². The molecule has 3 rings (SSSR count). The Hall–Kier alpha value is -2.02. The number of rotatable bonds is 4. The summed E-state index contributed by atoms with van der Waals surface area (Å²) in [7, 11) is 0. The van der Waals surface area contributed by atoms with Crippen molar-refractivity contribution >= 4 is 34.2 Å². The molecule has 0 bridgehead atoms. The second-order valence-electron chi connectivity index (χ2n) is 6.17. The van der Waals surface area contributed by atoms with Crippen LogP contribution >= 0.6 is 23.2 Å². The highest BCUT2D eigenvalue weighted by Crippen LogP contribution is 2.35. The molecule has 1 aromatic heterocycles. The largest absolute Gasteiger partial charge is 0.242 e. The van der Waals surface area contributed by atoms with Crippen molar-refractivity contribution in [3.63, 3.8) is 0 Å². The van der Waals surface area contributed by atoms with Crippen molar-refractivity contribution in [3.8, 4) is 12.3 Å². The lowest BCUT2D eigenvalue weighted by Gasteiger charge is -2.26. The van der Waals surface area contributed by atoms with Gasteiger partial charge >= 0.3 is 0 Å². The summed E-state index contributed by atoms with van der Waals surface area (Å²) in [5.74, 6) is 3.10. The summed E-state index contributed by atoms with van der Waals surface area (Å²) in [6.07, 6.45) is 5.43. The van der Waals surface area contributed by atoms with Gasteiger partial charge in [0.25, 0.3) is 0 Å². The fraction of sp³-hybridized carbons (Fsp3) is 0.263. The molecule has 0 spiro atoms. The molecule has 0 amide bonds. The summed E-state index contributed by atoms with van der Waals surface area (Å²) in [5.41, 5.74) is 4.46. The van der Waals surface area contributed by atoms with E-state index in [9.17, 15) is 0 Å². The summed E-state index contributed by atoms with van der Waals surface area (Å²) in [6, 6.07) is 12.0. The Bertz CT molecular complexity index is 918. The van der Waals surface area contributed by atoms with Crippen LogP contribution in [0.1, 0.15) is 30.5 Å². The van der Waals surface area contributed by atoms with Gasteiger partial charge in [0, 0.05) is 16.9 Å². The molecular formula is C19H17Cl2N3. The maximum absolute atomic E-state index is 6.52. The molecule has 0 aliphatic heterocycles. The number of terminal acetylenes is 1. The maximum Gasteiger partial charge on any atom is 0.115 e. The fourth-order valence-electron chi connectivity index (χ4n) is 2.81. The zero-order valence-electron chi connectivity index (χ0n) is 13.6. The quantitative estimate of drug-likeness (QED) is 0.503. The van der Waals surface area contributed by atoms with Gasteiger partial charge in [-0.05, 0) is 35.4 Å². The third-order valence-corrected chi connectivity index (χ3v) is 4.81. The van der Waals surface area contributed by atoms with Gasteiger partial charge in [0.05, 0.1) is 11.6 Å². The van der Waals surface area contributed by atoms with Gasteiger partial charge in [0.15, 0.2) is 0 Å². The highest BCUT2D eigenvalue weighted by Gasteiger charge is 2.25. The van der Waals surface area contributed by atoms with Gasteiger partial charge in [0.1, 0.15) is 11.0 Å². The SMILES string of the molecule is C#Cc1ccc(C(C)(C)c2cc(Cl)c3c(c2)nnn3CCCl)cc1. The Balaban J connectivity index is 2.09. The molecule has 3 nitrogen and oxygen atoms in total. The third kappa shape index (κ3) is 2.88. The Morgan fingerprint density at radius 3 is 2.50 bits per heavy atom. The van der Waals surface area contributed by atoms with Gasteiger partial charge in [-0.25, -0.2) is 4.68 Å². The summed E-state index contributed by atoms with van der Waals surface area (Å²) < 4.78 is 1.74. The highest BCUT2D eigenvalue weighted by atomic mass is 35.5. The van der Waals surface area contributed by atoms with Gasteiger partial charge in [-0.3, -0.25) is 0 Å². The van der Waals surface area contributed by atoms with E-state index in [4.69, 9.17) is 29.6 Å². The number of aryl methyl sites for hydroxylation is 1. The molecule has 0 saturated heterocycles. The molecule has 0 fully saturated rings. The predicted octanol–water partition coefficient (Wildman–Crippen LogP) is 4.63. The number of benzene rings is 2. The van der Waals surface area contributed by atoms with E-state index >= 15 is 0 Å². The molecular weight excluding hydrogens is 341 g/mol. The average molecular weight is 358 g/mol. The first-order valence-corrected chi connectivity index (χ1v) is 8.55. The lowest BCUT2D eigenvalue weighted by molar-refractivity contribution is 0.641. The molecule has 0 aliphatic rings. The molecule has 0 saturated carbocycles. The first-order chi connectivity index (χ1) is 11.5. The molecule has 122 valence electrons. The normalized spacial score (nSPS) is 11.6. The monoisotopic (exact) mass is 357 g/mol. The van der Waals surface area contributed by atoms with Crippen LogP contribution in [0.3, 0.4) is 0 Å². The van der Waals surface area contributed by atoms with E-state index in [1.54, 1.807) is 4.68 Å². The molecule has 0 unspecified atom stereocenters. The molecule has 0 aliphatic carbocycles. The highest BCUT2D eigenvalue weighted by molar-refractivity contribution is 6.35. The van der Waals surface area contributed by atoms with Crippen LogP contribution in [0.2, 0.25) is 5.02 Å². The molecule has 3 aromatic rings. The molecule has 5 heteroatoms. The zero-order chi connectivity index (χ0) is 17.3. The number of hydrogen-bond acceptors (Lipinski definition) is 2. The topological polar surface area (TPSA) is 30.7 Å². The number of nitrogens with zero attached hydrogens (tertiary/aromatic N) is 3. The van der Waals surface area contributed by atoms with Crippen molar-refractivity contribution in [2.45, 2.75) is 25.8 Å². The van der Waals surface area contributed by atoms with E-state index in [0.29, 0.717) is 17.4 Å². The van der Waals surface area contributed by atoms with E-state index < -0.39 is 0 Å². The molecule has 2 aromatic carbocycles. The first kappa shape index (κ1) is 16.8. The molecule has 0 radical (unpaired) electrons. The minimum atomic E-state index is -0.235. The summed E-state index contributed by atoms with van der Waals surface area (Å²) >= 11 is 12.3. The van der Waals surface area contributed by atoms with Crippen LogP contribution < -0.4 is 0 Å². The van der Waals surface area contributed by atoms with Crippen LogP contribution in [0.5, 0.6) is 0 Å². The zero-order valence-corrected chi connectivity index (χ0v) is 15.1. The van der Waals surface area contributed by atoms with Gasteiger partial charge in [0.2, 0.25) is 0 Å². The number of fused-ring (bicyclic) bond motifs is 1. The number of aromatic nitrogens is 3. The van der Waals surface area contributed by atoms with Crippen LogP contribution in [0, 0.1) is 12.3 Å². The Morgan fingerprint density at radius 2 is 1.88 bits per heavy atom. The second kappa shape index (κ2) is 6.47. The van der Waals surface area contributed by atoms with Crippen LogP contribution in [-0.4, -0.2) is 20.9 Å². The predicted molar refractivity (Wildman–Crippen MR) is 99.8 cm³/mol. The maximum atomic E-state index is 6.52. The van der Waals surface area contributed by atoms with Crippen LogP contribution in [0.25, 0.3) is 11.0 Å². The van der Waals surface area contributed by atoms with E-state index in [2.05, 4.69) is 42.2 Å². The second-order valence-corrected chi connectivity index (χ2v) is 6.96. The van der Waals surface area contributed by atoms with E-state index in [0.717, 1.165) is 27.7 Å². The van der Waals surface area contributed by atoms with Crippen LogP contribution in [-0.2, 0) is 12.0 Å². The summed E-state index contributed by atoms with van der Waals surface area (Å²) in [5, 5.41) is 9.01. The van der Waals surface area contributed by atoms with Crippen molar-refractivity contribution in [2.75, 3.05) is 5.88 Å². The molecule has 0 atom stereocenters. The molecule has 24 heavy (non-hydrogen) atoms. The lowest BCUT2D eigenvalue weighted by Crippen LogP contribution is -2.19. The lowest BCUT2D eigenvalue weighted by atomic mass is 9.78. The number of alkyl halides is 1. The van der Waals surface area contributed by atoms with Crippen molar-refractivity contribution in [3.05, 3.63) is 58.1 Å². The Labute approximate surface area is 151 Å². The van der Waals surface area contributed by atoms with Gasteiger partial charge in [-0.15, -0.1) is 23.1 Å². The molecule has 1 heterocycles. The number of halogens is 2. The van der Waals surface area contributed by atoms with E-state index in [-0.39, 0.29) is 5.41 Å². The average Bonchev–Trinajstić information content (AvgIpc) is 2.99. The van der Waals surface area contributed by atoms with Gasteiger partial charge in [-0.2, -0.15) is 0 Å². The number of hydrogen-bond donors (Lipinski definition) is 0. The van der Waals surface area contributed by atoms with Gasteiger partial charge < -0.3 is 0 Å². The molecule has 0 N–H and O–H groups in total. The summed E-state index contributed by atoms with van der Waals surface area (Å²) in [4.78, 5) is 0. The van der Waals surface area contributed by atoms with Crippen molar-refractivity contribution < 1.29 is 0 Å². The summed E-state index contributed by atoms with van der Waals surface area (Å²) in [6.45, 7) is 4.88. The van der Waals surface area contributed by atoms with Crippen molar-refractivity contribution in [1.82, 2.24) is 15.0 Å². The van der Waals surface area contributed by atoms with Crippen molar-refractivity contribution in [2.24, 2.45) is 0 Å². The fourth-order valence-corrected chi connectivity index (χ4v) is 3.28. The van der Waals surface area contributed by atoms with Crippen LogP contribution in [0.15, 0.2) is 36.4 Å². The minimum Gasteiger partial charge on any atom is -0.242 e. The van der Waals surface area contributed by atoms with E-state index in [1.165, 1.54) is 0 Å². The standard InChI is InChI=1S/C19H17Cl2N3/c1-4-13-5-7-14(8-6-13)19(2,3)15-11-16(21)18-17(12-15)22-23-24(18)10-9-20/h1,5-8,11-12H,9-10H2,2-3H3. The van der Waals surface area contributed by atoms with E-state index in [1.807, 2.05) is 24.3 Å². The first-order valence-electron chi connectivity index (χ1n) is 7.63. The third-order valence-electron chi connectivity index (χ3n) is 4.35. The van der Waals surface area contributed by atoms with Crippen LogP contribution in [0.4, 0.5) is 0 Å².